The van der Waals surface area contributed by atoms with Crippen LogP contribution in [0.1, 0.15) is 44.9 Å². The summed E-state index contributed by atoms with van der Waals surface area (Å²) in [4.78, 5) is 2.10. The fourth-order valence-electron chi connectivity index (χ4n) is 3.45. The summed E-state index contributed by atoms with van der Waals surface area (Å²) in [6.07, 6.45) is 9.05. The predicted octanol–water partition coefficient (Wildman–Crippen LogP) is 1.15. The molecule has 4 heteroatoms. The van der Waals surface area contributed by atoms with Crippen molar-refractivity contribution in [2.75, 3.05) is 32.8 Å². The van der Waals surface area contributed by atoms with Crippen LogP contribution in [-0.2, 0) is 4.74 Å². The van der Waals surface area contributed by atoms with Gasteiger partial charge in [-0.05, 0) is 25.7 Å². The summed E-state index contributed by atoms with van der Waals surface area (Å²) in [6.45, 7) is 2.42. The molecule has 0 radical (unpaired) electrons. The third kappa shape index (κ3) is 3.67. The summed E-state index contributed by atoms with van der Waals surface area (Å²) >= 11 is 0. The van der Waals surface area contributed by atoms with Gasteiger partial charge in [-0.1, -0.05) is 19.3 Å². The van der Waals surface area contributed by atoms with Gasteiger partial charge in [0, 0.05) is 19.6 Å². The van der Waals surface area contributed by atoms with Gasteiger partial charge >= 0.3 is 0 Å². The van der Waals surface area contributed by atoms with Gasteiger partial charge in [0.05, 0.1) is 24.9 Å². The van der Waals surface area contributed by atoms with Crippen LogP contribution in [-0.4, -0.2) is 59.7 Å². The molecule has 1 saturated heterocycles. The molecule has 2 fully saturated rings. The lowest BCUT2D eigenvalue weighted by Crippen LogP contribution is -2.38. The second-order valence-electron chi connectivity index (χ2n) is 5.77. The molecular weight excluding hydrogens is 230 g/mol. The summed E-state index contributed by atoms with van der Waals surface area (Å²) in [5, 5.41) is 18.0. The van der Waals surface area contributed by atoms with Crippen LogP contribution in [0.5, 0.6) is 0 Å². The zero-order chi connectivity index (χ0) is 12.8. The van der Waals surface area contributed by atoms with E-state index in [4.69, 9.17) is 14.9 Å². The van der Waals surface area contributed by atoms with Crippen LogP contribution in [0.25, 0.3) is 0 Å². The largest absolute Gasteiger partial charge is 0.395 e. The van der Waals surface area contributed by atoms with Gasteiger partial charge in [0.25, 0.3) is 0 Å². The van der Waals surface area contributed by atoms with E-state index in [1.807, 2.05) is 0 Å². The van der Waals surface area contributed by atoms with Crippen molar-refractivity contribution in [3.8, 4) is 0 Å². The maximum absolute atomic E-state index is 9.02. The van der Waals surface area contributed by atoms with Gasteiger partial charge in [-0.25, -0.2) is 0 Å². The molecule has 0 aromatic heterocycles. The Kier molecular flexibility index (Phi) is 5.42. The lowest BCUT2D eigenvalue weighted by atomic mass is 9.83. The Morgan fingerprint density at radius 2 is 1.67 bits per heavy atom. The molecule has 4 nitrogen and oxygen atoms in total. The Bertz CT molecular complexity index is 235. The first-order valence-electron chi connectivity index (χ1n) is 7.40. The maximum Gasteiger partial charge on any atom is 0.0710 e. The van der Waals surface area contributed by atoms with Crippen LogP contribution in [0.4, 0.5) is 0 Å². The van der Waals surface area contributed by atoms with Gasteiger partial charge in [0.2, 0.25) is 0 Å². The normalized spacial score (nSPS) is 27.2. The number of hydrogen-bond acceptors (Lipinski definition) is 4. The van der Waals surface area contributed by atoms with Crippen LogP contribution in [0.2, 0.25) is 0 Å². The van der Waals surface area contributed by atoms with E-state index in [0.29, 0.717) is 19.2 Å². The van der Waals surface area contributed by atoms with Crippen molar-refractivity contribution in [3.05, 3.63) is 0 Å². The number of aliphatic hydroxyl groups excluding tert-OH is 2. The number of nitrogens with zero attached hydrogens (tertiary/aromatic N) is 1. The molecule has 0 aromatic rings. The van der Waals surface area contributed by atoms with Crippen molar-refractivity contribution in [1.29, 1.82) is 0 Å². The third-order valence-corrected chi connectivity index (χ3v) is 4.40. The van der Waals surface area contributed by atoms with E-state index in [9.17, 15) is 0 Å². The minimum absolute atomic E-state index is 0.151. The minimum atomic E-state index is 0.151. The molecule has 1 aliphatic heterocycles. The standard InChI is InChI=1S/C14H27NO3/c16-10-8-15(9-11-17)12-13-4-7-14(18-13)5-2-1-3-6-14/h13,16-17H,1-12H2. The molecule has 2 rings (SSSR count). The molecule has 1 heterocycles. The van der Waals surface area contributed by atoms with Crippen LogP contribution in [0.15, 0.2) is 0 Å². The summed E-state index contributed by atoms with van der Waals surface area (Å²) in [5.74, 6) is 0. The number of rotatable bonds is 6. The smallest absolute Gasteiger partial charge is 0.0710 e. The maximum atomic E-state index is 9.02. The molecule has 1 aliphatic carbocycles. The van der Waals surface area contributed by atoms with E-state index in [0.717, 1.165) is 13.0 Å². The Balaban J connectivity index is 1.80. The van der Waals surface area contributed by atoms with Gasteiger partial charge in [-0.15, -0.1) is 0 Å². The lowest BCUT2D eigenvalue weighted by Gasteiger charge is -2.34. The molecule has 0 amide bonds. The predicted molar refractivity (Wildman–Crippen MR) is 70.5 cm³/mol. The molecule has 0 aromatic carbocycles. The minimum Gasteiger partial charge on any atom is -0.395 e. The van der Waals surface area contributed by atoms with Crippen LogP contribution < -0.4 is 0 Å². The molecule has 106 valence electrons. The highest BCUT2D eigenvalue weighted by Crippen LogP contribution is 2.41. The number of hydrogen-bond donors (Lipinski definition) is 2. The quantitative estimate of drug-likeness (QED) is 0.749. The zero-order valence-corrected chi connectivity index (χ0v) is 11.3. The summed E-state index contributed by atoms with van der Waals surface area (Å²) in [6, 6.07) is 0. The molecule has 2 N–H and O–H groups in total. The van der Waals surface area contributed by atoms with Crippen molar-refractivity contribution >= 4 is 0 Å². The topological polar surface area (TPSA) is 52.9 Å². The first kappa shape index (κ1) is 14.3. The SMILES string of the molecule is OCCN(CCO)CC1CCC2(CCCCC2)O1. The van der Waals surface area contributed by atoms with Crippen molar-refractivity contribution < 1.29 is 14.9 Å². The van der Waals surface area contributed by atoms with E-state index in [1.165, 1.54) is 38.5 Å². The van der Waals surface area contributed by atoms with Crippen molar-refractivity contribution in [2.24, 2.45) is 0 Å². The molecule has 1 atom stereocenters. The Morgan fingerprint density at radius 1 is 1.00 bits per heavy atom. The van der Waals surface area contributed by atoms with Crippen molar-refractivity contribution in [3.63, 3.8) is 0 Å². The van der Waals surface area contributed by atoms with E-state index in [2.05, 4.69) is 4.90 Å². The Labute approximate surface area is 110 Å². The average Bonchev–Trinajstić information content (AvgIpc) is 2.74. The number of ether oxygens (including phenoxy) is 1. The zero-order valence-electron chi connectivity index (χ0n) is 11.3. The molecule has 1 saturated carbocycles. The first-order valence-corrected chi connectivity index (χ1v) is 7.40. The highest BCUT2D eigenvalue weighted by atomic mass is 16.5. The summed E-state index contributed by atoms with van der Waals surface area (Å²) < 4.78 is 6.31. The van der Waals surface area contributed by atoms with Crippen molar-refractivity contribution in [2.45, 2.75) is 56.7 Å². The van der Waals surface area contributed by atoms with Gasteiger partial charge in [-0.3, -0.25) is 4.90 Å². The molecule has 0 bridgehead atoms. The van der Waals surface area contributed by atoms with E-state index >= 15 is 0 Å². The molecule has 1 unspecified atom stereocenters. The van der Waals surface area contributed by atoms with Crippen LogP contribution in [0.3, 0.4) is 0 Å². The van der Waals surface area contributed by atoms with E-state index in [1.54, 1.807) is 0 Å². The van der Waals surface area contributed by atoms with Gasteiger partial charge in [0.15, 0.2) is 0 Å². The highest BCUT2D eigenvalue weighted by Gasteiger charge is 2.40. The van der Waals surface area contributed by atoms with E-state index in [-0.39, 0.29) is 18.8 Å². The van der Waals surface area contributed by atoms with Gasteiger partial charge < -0.3 is 14.9 Å². The Morgan fingerprint density at radius 3 is 2.28 bits per heavy atom. The fraction of sp³-hybridized carbons (Fsp3) is 1.00. The molecule has 18 heavy (non-hydrogen) atoms. The summed E-state index contributed by atoms with van der Waals surface area (Å²) in [5.41, 5.74) is 0.174. The molecule has 2 aliphatic rings. The first-order chi connectivity index (χ1) is 8.78. The number of aliphatic hydroxyl groups is 2. The summed E-state index contributed by atoms with van der Waals surface area (Å²) in [7, 11) is 0. The second-order valence-corrected chi connectivity index (χ2v) is 5.77. The third-order valence-electron chi connectivity index (χ3n) is 4.40. The van der Waals surface area contributed by atoms with Gasteiger partial charge in [-0.2, -0.15) is 0 Å². The lowest BCUT2D eigenvalue weighted by molar-refractivity contribution is -0.0730. The van der Waals surface area contributed by atoms with Crippen molar-refractivity contribution in [1.82, 2.24) is 4.90 Å². The van der Waals surface area contributed by atoms with Crippen LogP contribution >= 0.6 is 0 Å². The fourth-order valence-corrected chi connectivity index (χ4v) is 3.45. The average molecular weight is 257 g/mol. The molecule has 1 spiro atoms. The highest BCUT2D eigenvalue weighted by molar-refractivity contribution is 4.92. The monoisotopic (exact) mass is 257 g/mol. The molecular formula is C14H27NO3. The van der Waals surface area contributed by atoms with Gasteiger partial charge in [0.1, 0.15) is 0 Å². The second kappa shape index (κ2) is 6.85. The Hall–Kier alpha value is -0.160. The van der Waals surface area contributed by atoms with E-state index < -0.39 is 0 Å². The van der Waals surface area contributed by atoms with Crippen LogP contribution in [0, 0.1) is 0 Å².